The quantitative estimate of drug-likeness (QED) is 0.844. The summed E-state index contributed by atoms with van der Waals surface area (Å²) in [5.41, 5.74) is 1.62. The van der Waals surface area contributed by atoms with E-state index >= 15 is 0 Å². The Bertz CT molecular complexity index is 571. The number of pyridine rings is 1. The summed E-state index contributed by atoms with van der Waals surface area (Å²) in [6.07, 6.45) is 3.71. The zero-order valence-electron chi connectivity index (χ0n) is 10.0. The molecule has 4 nitrogen and oxygen atoms in total. The van der Waals surface area contributed by atoms with Crippen molar-refractivity contribution in [2.75, 3.05) is 11.9 Å². The minimum absolute atomic E-state index is 0.0330. The van der Waals surface area contributed by atoms with Gasteiger partial charge in [-0.15, -0.1) is 0 Å². The van der Waals surface area contributed by atoms with Crippen LogP contribution in [-0.4, -0.2) is 23.5 Å². The van der Waals surface area contributed by atoms with E-state index in [2.05, 4.69) is 15.6 Å². The maximum absolute atomic E-state index is 12.1. The number of hydrogen-bond donors (Lipinski definition) is 2. The Labute approximate surface area is 105 Å². The van der Waals surface area contributed by atoms with Crippen molar-refractivity contribution in [3.63, 3.8) is 0 Å². The normalized spacial score (nSPS) is 19.0. The highest BCUT2D eigenvalue weighted by Crippen LogP contribution is 2.21. The van der Waals surface area contributed by atoms with E-state index < -0.39 is 0 Å². The first-order valence-corrected chi connectivity index (χ1v) is 6.22. The molecule has 1 aromatic carbocycles. The number of carbonyl (C=O) groups is 1. The van der Waals surface area contributed by atoms with Crippen LogP contribution in [-0.2, 0) is 4.79 Å². The third-order valence-corrected chi connectivity index (χ3v) is 3.27. The molecule has 1 saturated heterocycles. The predicted molar refractivity (Wildman–Crippen MR) is 71.4 cm³/mol. The van der Waals surface area contributed by atoms with Gasteiger partial charge in [-0.3, -0.25) is 9.78 Å². The van der Waals surface area contributed by atoms with Gasteiger partial charge < -0.3 is 10.6 Å². The topological polar surface area (TPSA) is 54.0 Å². The Kier molecular flexibility index (Phi) is 2.94. The van der Waals surface area contributed by atoms with Crippen LogP contribution in [0.3, 0.4) is 0 Å². The molecule has 0 bridgehead atoms. The highest BCUT2D eigenvalue weighted by atomic mass is 16.2. The number of nitrogens with zero attached hydrogens (tertiary/aromatic N) is 1. The van der Waals surface area contributed by atoms with E-state index in [0.717, 1.165) is 36.0 Å². The first kappa shape index (κ1) is 11.2. The highest BCUT2D eigenvalue weighted by molar-refractivity contribution is 6.02. The molecule has 0 aliphatic carbocycles. The molecule has 2 aromatic rings. The molecule has 0 unspecified atom stereocenters. The maximum atomic E-state index is 12.1. The van der Waals surface area contributed by atoms with Gasteiger partial charge in [0.15, 0.2) is 0 Å². The fourth-order valence-corrected chi connectivity index (χ4v) is 2.33. The summed E-state index contributed by atoms with van der Waals surface area (Å²) in [4.78, 5) is 16.4. The second-order valence-electron chi connectivity index (χ2n) is 4.52. The molecule has 1 amide bonds. The number of rotatable bonds is 2. The smallest absolute Gasteiger partial charge is 0.241 e. The summed E-state index contributed by atoms with van der Waals surface area (Å²) in [6, 6.07) is 9.64. The molecule has 0 radical (unpaired) electrons. The molecule has 1 aliphatic rings. The SMILES string of the molecule is O=C(Nc1cccc2cccnc12)[C@@H]1CCCN1. The van der Waals surface area contributed by atoms with Crippen molar-refractivity contribution in [1.29, 1.82) is 0 Å². The zero-order valence-corrected chi connectivity index (χ0v) is 10.0. The van der Waals surface area contributed by atoms with Gasteiger partial charge in [-0.1, -0.05) is 18.2 Å². The van der Waals surface area contributed by atoms with Crippen LogP contribution in [0.25, 0.3) is 10.9 Å². The van der Waals surface area contributed by atoms with Gasteiger partial charge in [0.25, 0.3) is 0 Å². The molecular weight excluding hydrogens is 226 g/mol. The average Bonchev–Trinajstić information content (AvgIpc) is 2.93. The van der Waals surface area contributed by atoms with Crippen LogP contribution in [0.15, 0.2) is 36.5 Å². The van der Waals surface area contributed by atoms with E-state index in [1.807, 2.05) is 30.3 Å². The van der Waals surface area contributed by atoms with Gasteiger partial charge in [-0.25, -0.2) is 0 Å². The molecule has 18 heavy (non-hydrogen) atoms. The number of aromatic nitrogens is 1. The third-order valence-electron chi connectivity index (χ3n) is 3.27. The van der Waals surface area contributed by atoms with E-state index in [-0.39, 0.29) is 11.9 Å². The Morgan fingerprint density at radius 1 is 1.33 bits per heavy atom. The van der Waals surface area contributed by atoms with E-state index in [1.54, 1.807) is 6.20 Å². The number of nitrogens with one attached hydrogen (secondary N) is 2. The van der Waals surface area contributed by atoms with Gasteiger partial charge >= 0.3 is 0 Å². The Morgan fingerprint density at radius 2 is 2.22 bits per heavy atom. The predicted octanol–water partition coefficient (Wildman–Crippen LogP) is 1.93. The number of para-hydroxylation sites is 1. The lowest BCUT2D eigenvalue weighted by Crippen LogP contribution is -2.35. The van der Waals surface area contributed by atoms with Gasteiger partial charge in [0, 0.05) is 11.6 Å². The molecular formula is C14H15N3O. The van der Waals surface area contributed by atoms with Crippen molar-refractivity contribution >= 4 is 22.5 Å². The van der Waals surface area contributed by atoms with Crippen molar-refractivity contribution < 1.29 is 4.79 Å². The van der Waals surface area contributed by atoms with Gasteiger partial charge in [-0.05, 0) is 31.5 Å². The molecule has 92 valence electrons. The lowest BCUT2D eigenvalue weighted by Gasteiger charge is -2.12. The number of benzene rings is 1. The monoisotopic (exact) mass is 241 g/mol. The number of hydrogen-bond acceptors (Lipinski definition) is 3. The van der Waals surface area contributed by atoms with Crippen molar-refractivity contribution in [2.45, 2.75) is 18.9 Å². The van der Waals surface area contributed by atoms with E-state index in [9.17, 15) is 4.79 Å². The largest absolute Gasteiger partial charge is 0.323 e. The Balaban J connectivity index is 1.88. The lowest BCUT2D eigenvalue weighted by molar-refractivity contribution is -0.117. The van der Waals surface area contributed by atoms with E-state index in [1.165, 1.54) is 0 Å². The first-order valence-electron chi connectivity index (χ1n) is 6.22. The molecule has 1 aliphatic heterocycles. The minimum Gasteiger partial charge on any atom is -0.323 e. The van der Waals surface area contributed by atoms with Gasteiger partial charge in [0.2, 0.25) is 5.91 Å². The molecule has 2 heterocycles. The van der Waals surface area contributed by atoms with Crippen molar-refractivity contribution in [1.82, 2.24) is 10.3 Å². The summed E-state index contributed by atoms with van der Waals surface area (Å²) in [5.74, 6) is 0.0330. The minimum atomic E-state index is -0.0658. The van der Waals surface area contributed by atoms with Crippen LogP contribution in [0.4, 0.5) is 5.69 Å². The van der Waals surface area contributed by atoms with Gasteiger partial charge in [0.05, 0.1) is 17.2 Å². The van der Waals surface area contributed by atoms with Crippen LogP contribution in [0, 0.1) is 0 Å². The number of carbonyl (C=O) groups excluding carboxylic acids is 1. The van der Waals surface area contributed by atoms with Gasteiger partial charge in [-0.2, -0.15) is 0 Å². The molecule has 2 N–H and O–H groups in total. The highest BCUT2D eigenvalue weighted by Gasteiger charge is 2.22. The van der Waals surface area contributed by atoms with Crippen LogP contribution < -0.4 is 10.6 Å². The molecule has 4 heteroatoms. The second kappa shape index (κ2) is 4.74. The van der Waals surface area contributed by atoms with Gasteiger partial charge in [0.1, 0.15) is 0 Å². The van der Waals surface area contributed by atoms with Crippen LogP contribution in [0.1, 0.15) is 12.8 Å². The van der Waals surface area contributed by atoms with Crippen molar-refractivity contribution in [2.24, 2.45) is 0 Å². The van der Waals surface area contributed by atoms with Crippen LogP contribution >= 0.6 is 0 Å². The lowest BCUT2D eigenvalue weighted by atomic mass is 10.1. The molecule has 1 atom stereocenters. The fraction of sp³-hybridized carbons (Fsp3) is 0.286. The molecule has 1 aromatic heterocycles. The number of fused-ring (bicyclic) bond motifs is 1. The molecule has 1 fully saturated rings. The van der Waals surface area contributed by atoms with E-state index in [4.69, 9.17) is 0 Å². The molecule has 3 rings (SSSR count). The molecule has 0 spiro atoms. The number of anilines is 1. The maximum Gasteiger partial charge on any atom is 0.241 e. The Morgan fingerprint density at radius 3 is 3.06 bits per heavy atom. The summed E-state index contributed by atoms with van der Waals surface area (Å²) >= 11 is 0. The fourth-order valence-electron chi connectivity index (χ4n) is 2.33. The zero-order chi connectivity index (χ0) is 12.4. The van der Waals surface area contributed by atoms with Crippen molar-refractivity contribution in [3.8, 4) is 0 Å². The summed E-state index contributed by atoms with van der Waals surface area (Å²) in [6.45, 7) is 0.922. The summed E-state index contributed by atoms with van der Waals surface area (Å²) in [5, 5.41) is 7.19. The standard InChI is InChI=1S/C14H15N3O/c18-14(12-7-3-8-15-12)17-11-6-1-4-10-5-2-9-16-13(10)11/h1-2,4-6,9,12,15H,3,7-8H2,(H,17,18)/t12-/m0/s1. The van der Waals surface area contributed by atoms with Crippen LogP contribution in [0.5, 0.6) is 0 Å². The first-order chi connectivity index (χ1) is 8.84. The Hall–Kier alpha value is -1.94. The number of amides is 1. The second-order valence-corrected chi connectivity index (χ2v) is 4.52. The summed E-state index contributed by atoms with van der Waals surface area (Å²) in [7, 11) is 0. The van der Waals surface area contributed by atoms with Crippen molar-refractivity contribution in [3.05, 3.63) is 36.5 Å². The van der Waals surface area contributed by atoms with Crippen LogP contribution in [0.2, 0.25) is 0 Å². The summed E-state index contributed by atoms with van der Waals surface area (Å²) < 4.78 is 0. The third kappa shape index (κ3) is 2.07. The van der Waals surface area contributed by atoms with E-state index in [0.29, 0.717) is 0 Å². The average molecular weight is 241 g/mol. The molecule has 0 saturated carbocycles.